The Morgan fingerprint density at radius 2 is 1.78 bits per heavy atom. The van der Waals surface area contributed by atoms with E-state index in [1.165, 1.54) is 0 Å². The highest BCUT2D eigenvalue weighted by Gasteiger charge is 2.26. The van der Waals surface area contributed by atoms with Crippen LogP contribution in [0, 0.1) is 5.92 Å². The van der Waals surface area contributed by atoms with E-state index in [4.69, 9.17) is 0 Å². The van der Waals surface area contributed by atoms with Crippen molar-refractivity contribution in [3.8, 4) is 0 Å². The number of nitrogens with zero attached hydrogens (tertiary/aromatic N) is 4. The van der Waals surface area contributed by atoms with Crippen LogP contribution in [-0.4, -0.2) is 64.6 Å². The van der Waals surface area contributed by atoms with Gasteiger partial charge in [0.15, 0.2) is 5.69 Å². The second-order valence-corrected chi connectivity index (χ2v) is 6.60. The van der Waals surface area contributed by atoms with Gasteiger partial charge in [-0.1, -0.05) is 12.8 Å². The number of hydrogen-bond acceptors (Lipinski definition) is 4. The highest BCUT2D eigenvalue weighted by atomic mass is 16.2. The Hall–Kier alpha value is -1.89. The molecule has 1 N–H and O–H groups in total. The van der Waals surface area contributed by atoms with Crippen LogP contribution in [0.4, 0.5) is 5.82 Å². The quantitative estimate of drug-likeness (QED) is 0.900. The second kappa shape index (κ2) is 6.70. The van der Waals surface area contributed by atoms with Gasteiger partial charge in [-0.3, -0.25) is 14.3 Å². The molecule has 2 amide bonds. The van der Waals surface area contributed by atoms with E-state index in [9.17, 15) is 9.59 Å². The summed E-state index contributed by atoms with van der Waals surface area (Å²) in [7, 11) is 3.81. The van der Waals surface area contributed by atoms with Crippen molar-refractivity contribution in [3.05, 3.63) is 11.8 Å². The summed E-state index contributed by atoms with van der Waals surface area (Å²) in [6.07, 6.45) is 4.15. The van der Waals surface area contributed by atoms with Gasteiger partial charge in [-0.05, 0) is 19.9 Å². The highest BCUT2D eigenvalue weighted by Crippen LogP contribution is 2.26. The SMILES string of the molecule is CN1CCN(C(=O)c2cc(NC(=O)C3CCCC3)n(C)n2)CC1. The van der Waals surface area contributed by atoms with Crippen molar-refractivity contribution < 1.29 is 9.59 Å². The van der Waals surface area contributed by atoms with Crippen LogP contribution in [0.3, 0.4) is 0 Å². The monoisotopic (exact) mass is 319 g/mol. The van der Waals surface area contributed by atoms with Crippen molar-refractivity contribution in [2.24, 2.45) is 13.0 Å². The van der Waals surface area contributed by atoms with Gasteiger partial charge in [-0.25, -0.2) is 0 Å². The third-order valence-electron chi connectivity index (χ3n) is 4.87. The summed E-state index contributed by atoms with van der Waals surface area (Å²) < 4.78 is 1.58. The number of nitrogens with one attached hydrogen (secondary N) is 1. The van der Waals surface area contributed by atoms with Gasteiger partial charge < -0.3 is 15.1 Å². The molecule has 1 aromatic rings. The first-order valence-corrected chi connectivity index (χ1v) is 8.37. The molecule has 1 aromatic heterocycles. The van der Waals surface area contributed by atoms with Crippen LogP contribution < -0.4 is 5.32 Å². The molecule has 1 saturated heterocycles. The Morgan fingerprint density at radius 3 is 2.43 bits per heavy atom. The van der Waals surface area contributed by atoms with E-state index in [-0.39, 0.29) is 17.7 Å². The number of piperazine rings is 1. The molecule has 126 valence electrons. The minimum atomic E-state index is -0.0601. The van der Waals surface area contributed by atoms with E-state index in [0.717, 1.165) is 51.9 Å². The maximum Gasteiger partial charge on any atom is 0.274 e. The van der Waals surface area contributed by atoms with Gasteiger partial charge in [-0.15, -0.1) is 0 Å². The molecule has 2 aliphatic rings. The molecule has 23 heavy (non-hydrogen) atoms. The first-order chi connectivity index (χ1) is 11.0. The number of hydrogen-bond donors (Lipinski definition) is 1. The summed E-state index contributed by atoms with van der Waals surface area (Å²) >= 11 is 0. The van der Waals surface area contributed by atoms with Crippen LogP contribution >= 0.6 is 0 Å². The molecule has 2 fully saturated rings. The fourth-order valence-electron chi connectivity index (χ4n) is 3.28. The number of carbonyl (C=O) groups excluding carboxylic acids is 2. The molecule has 7 nitrogen and oxygen atoms in total. The van der Waals surface area contributed by atoms with Gasteiger partial charge in [0.2, 0.25) is 5.91 Å². The zero-order valence-corrected chi connectivity index (χ0v) is 13.9. The van der Waals surface area contributed by atoms with Crippen LogP contribution in [0.25, 0.3) is 0 Å². The van der Waals surface area contributed by atoms with Gasteiger partial charge in [0.05, 0.1) is 0 Å². The lowest BCUT2D eigenvalue weighted by Crippen LogP contribution is -2.47. The van der Waals surface area contributed by atoms with Gasteiger partial charge in [0, 0.05) is 45.2 Å². The van der Waals surface area contributed by atoms with E-state index in [2.05, 4.69) is 22.4 Å². The van der Waals surface area contributed by atoms with Crippen molar-refractivity contribution in [2.75, 3.05) is 38.5 Å². The van der Waals surface area contributed by atoms with E-state index in [0.29, 0.717) is 11.5 Å². The maximum atomic E-state index is 12.5. The summed E-state index contributed by atoms with van der Waals surface area (Å²) in [5.41, 5.74) is 0.402. The number of aryl methyl sites for hydroxylation is 1. The molecule has 1 aliphatic heterocycles. The Morgan fingerprint density at radius 1 is 1.13 bits per heavy atom. The summed E-state index contributed by atoms with van der Waals surface area (Å²) in [5, 5.41) is 7.20. The normalized spacial score (nSPS) is 20.0. The number of anilines is 1. The minimum absolute atomic E-state index is 0.0455. The van der Waals surface area contributed by atoms with E-state index in [1.807, 2.05) is 4.90 Å². The van der Waals surface area contributed by atoms with E-state index >= 15 is 0 Å². The molecule has 0 spiro atoms. The first-order valence-electron chi connectivity index (χ1n) is 8.37. The summed E-state index contributed by atoms with van der Waals surface area (Å²) in [6, 6.07) is 1.69. The van der Waals surface area contributed by atoms with Crippen molar-refractivity contribution in [1.29, 1.82) is 0 Å². The summed E-state index contributed by atoms with van der Waals surface area (Å²) in [5.74, 6) is 0.681. The molecule has 1 saturated carbocycles. The van der Waals surface area contributed by atoms with Crippen molar-refractivity contribution in [3.63, 3.8) is 0 Å². The molecular weight excluding hydrogens is 294 g/mol. The topological polar surface area (TPSA) is 70.5 Å². The van der Waals surface area contributed by atoms with Gasteiger partial charge in [0.1, 0.15) is 5.82 Å². The number of carbonyl (C=O) groups is 2. The Bertz CT molecular complexity index is 583. The third-order valence-corrected chi connectivity index (χ3v) is 4.87. The predicted octanol–water partition coefficient (Wildman–Crippen LogP) is 0.936. The smallest absolute Gasteiger partial charge is 0.274 e. The lowest BCUT2D eigenvalue weighted by atomic mass is 10.1. The Balaban J connectivity index is 1.65. The maximum absolute atomic E-state index is 12.5. The Labute approximate surface area is 136 Å². The lowest BCUT2D eigenvalue weighted by molar-refractivity contribution is -0.119. The molecule has 0 radical (unpaired) electrons. The largest absolute Gasteiger partial charge is 0.335 e. The molecule has 0 aromatic carbocycles. The number of rotatable bonds is 3. The van der Waals surface area contributed by atoms with Crippen molar-refractivity contribution in [2.45, 2.75) is 25.7 Å². The van der Waals surface area contributed by atoms with Gasteiger partial charge in [-0.2, -0.15) is 5.10 Å². The molecular formula is C16H25N5O2. The molecule has 2 heterocycles. The molecule has 0 unspecified atom stereocenters. The molecule has 3 rings (SSSR count). The highest BCUT2D eigenvalue weighted by molar-refractivity contribution is 5.96. The fourth-order valence-corrected chi connectivity index (χ4v) is 3.28. The van der Waals surface area contributed by atoms with E-state index in [1.54, 1.807) is 17.8 Å². The standard InChI is InChI=1S/C16H25N5O2/c1-19-7-9-21(10-8-19)16(23)13-11-14(20(2)18-13)17-15(22)12-5-3-4-6-12/h11-12H,3-10H2,1-2H3,(H,17,22). The van der Waals surface area contributed by atoms with Gasteiger partial charge >= 0.3 is 0 Å². The van der Waals surface area contributed by atoms with Crippen molar-refractivity contribution in [1.82, 2.24) is 19.6 Å². The molecule has 1 aliphatic carbocycles. The average molecular weight is 319 g/mol. The molecule has 7 heteroatoms. The minimum Gasteiger partial charge on any atom is -0.335 e. The summed E-state index contributed by atoms with van der Waals surface area (Å²) in [4.78, 5) is 28.8. The lowest BCUT2D eigenvalue weighted by Gasteiger charge is -2.31. The predicted molar refractivity (Wildman–Crippen MR) is 87.2 cm³/mol. The number of aromatic nitrogens is 2. The van der Waals surface area contributed by atoms with Crippen LogP contribution in [0.5, 0.6) is 0 Å². The first kappa shape index (κ1) is 16.0. The summed E-state index contributed by atoms with van der Waals surface area (Å²) in [6.45, 7) is 3.19. The Kier molecular flexibility index (Phi) is 4.66. The number of amides is 2. The average Bonchev–Trinajstić information content (AvgIpc) is 3.18. The van der Waals surface area contributed by atoms with Crippen molar-refractivity contribution >= 4 is 17.6 Å². The van der Waals surface area contributed by atoms with Crippen LogP contribution in [0.2, 0.25) is 0 Å². The fraction of sp³-hybridized carbons (Fsp3) is 0.688. The number of likely N-dealkylation sites (N-methyl/N-ethyl adjacent to an activating group) is 1. The van der Waals surface area contributed by atoms with Crippen LogP contribution in [-0.2, 0) is 11.8 Å². The van der Waals surface area contributed by atoms with Crippen LogP contribution in [0.1, 0.15) is 36.2 Å². The zero-order chi connectivity index (χ0) is 16.4. The third kappa shape index (κ3) is 3.55. The van der Waals surface area contributed by atoms with Crippen LogP contribution in [0.15, 0.2) is 6.07 Å². The van der Waals surface area contributed by atoms with E-state index < -0.39 is 0 Å². The van der Waals surface area contributed by atoms with Gasteiger partial charge in [0.25, 0.3) is 5.91 Å². The second-order valence-electron chi connectivity index (χ2n) is 6.60. The molecule has 0 bridgehead atoms. The molecule has 0 atom stereocenters. The zero-order valence-electron chi connectivity index (χ0n) is 13.9.